The lowest BCUT2D eigenvalue weighted by molar-refractivity contribution is 0.357. The maximum Gasteiger partial charge on any atom is 0.142 e. The van der Waals surface area contributed by atoms with E-state index < -0.39 is 0 Å². The molecule has 0 bridgehead atoms. The summed E-state index contributed by atoms with van der Waals surface area (Å²) in [5.74, 6) is 0.556. The first-order valence-electron chi connectivity index (χ1n) is 7.13. The molecule has 110 valence electrons. The fourth-order valence-electron chi connectivity index (χ4n) is 2.74. The molecular weight excluding hydrogens is 289 g/mol. The van der Waals surface area contributed by atoms with Gasteiger partial charge in [-0.2, -0.15) is 0 Å². The molecule has 1 atom stereocenters. The molecule has 0 saturated carbocycles. The van der Waals surface area contributed by atoms with Gasteiger partial charge in [0.15, 0.2) is 0 Å². The number of hydrogen-bond acceptors (Lipinski definition) is 2. The first-order chi connectivity index (χ1) is 10.2. The molecule has 4 heteroatoms. The van der Waals surface area contributed by atoms with Crippen molar-refractivity contribution in [2.75, 3.05) is 13.2 Å². The highest BCUT2D eigenvalue weighted by Crippen LogP contribution is 2.33. The molecule has 2 aromatic carbocycles. The predicted molar refractivity (Wildman–Crippen MR) is 82.6 cm³/mol. The third kappa shape index (κ3) is 2.76. The zero-order valence-corrected chi connectivity index (χ0v) is 12.6. The monoisotopic (exact) mass is 305 g/mol. The van der Waals surface area contributed by atoms with Crippen LogP contribution in [0.1, 0.15) is 29.7 Å². The Labute approximate surface area is 128 Å². The number of hydrogen-bond donors (Lipinski definition) is 1. The van der Waals surface area contributed by atoms with Gasteiger partial charge in [-0.1, -0.05) is 42.8 Å². The van der Waals surface area contributed by atoms with Crippen molar-refractivity contribution in [2.45, 2.75) is 19.4 Å². The van der Waals surface area contributed by atoms with Crippen LogP contribution < -0.4 is 10.1 Å². The Bertz CT molecular complexity index is 659. The Morgan fingerprint density at radius 2 is 2.19 bits per heavy atom. The van der Waals surface area contributed by atoms with Crippen LogP contribution in [0, 0.1) is 5.82 Å². The summed E-state index contributed by atoms with van der Waals surface area (Å²) in [7, 11) is 0. The molecule has 0 radical (unpaired) electrons. The molecule has 2 nitrogen and oxygen atoms in total. The Hall–Kier alpha value is -1.58. The highest BCUT2D eigenvalue weighted by atomic mass is 35.5. The SMILES string of the molecule is CCNC(c1ccc2c(c1)CCO2)c1cccc(F)c1Cl. The first-order valence-corrected chi connectivity index (χ1v) is 7.51. The zero-order valence-electron chi connectivity index (χ0n) is 11.8. The number of benzene rings is 2. The van der Waals surface area contributed by atoms with Crippen LogP contribution in [0.5, 0.6) is 5.75 Å². The van der Waals surface area contributed by atoms with E-state index in [9.17, 15) is 4.39 Å². The maximum absolute atomic E-state index is 13.7. The van der Waals surface area contributed by atoms with Crippen LogP contribution in [0.4, 0.5) is 4.39 Å². The number of nitrogens with one attached hydrogen (secondary N) is 1. The van der Waals surface area contributed by atoms with Crippen molar-refractivity contribution in [3.8, 4) is 5.75 Å². The van der Waals surface area contributed by atoms with Gasteiger partial charge in [0.2, 0.25) is 0 Å². The third-order valence-electron chi connectivity index (χ3n) is 3.75. The molecule has 1 heterocycles. The molecule has 0 fully saturated rings. The number of ether oxygens (including phenoxy) is 1. The normalized spacial score (nSPS) is 14.6. The second-order valence-corrected chi connectivity index (χ2v) is 5.48. The molecule has 1 N–H and O–H groups in total. The van der Waals surface area contributed by atoms with Crippen molar-refractivity contribution in [3.05, 3.63) is 63.9 Å². The van der Waals surface area contributed by atoms with Crippen molar-refractivity contribution >= 4 is 11.6 Å². The van der Waals surface area contributed by atoms with Crippen LogP contribution >= 0.6 is 11.6 Å². The second-order valence-electron chi connectivity index (χ2n) is 5.10. The lowest BCUT2D eigenvalue weighted by atomic mass is 9.96. The molecule has 0 spiro atoms. The molecular formula is C17H17ClFNO. The van der Waals surface area contributed by atoms with Crippen LogP contribution in [0.15, 0.2) is 36.4 Å². The predicted octanol–water partition coefficient (Wildman–Crippen LogP) is 4.11. The van der Waals surface area contributed by atoms with Gasteiger partial charge >= 0.3 is 0 Å². The highest BCUT2D eigenvalue weighted by molar-refractivity contribution is 6.31. The molecule has 0 aromatic heterocycles. The van der Waals surface area contributed by atoms with Crippen LogP contribution in [0.2, 0.25) is 5.02 Å². The summed E-state index contributed by atoms with van der Waals surface area (Å²) in [5, 5.41) is 3.56. The quantitative estimate of drug-likeness (QED) is 0.917. The van der Waals surface area contributed by atoms with E-state index in [4.69, 9.17) is 16.3 Å². The molecule has 2 aromatic rings. The van der Waals surface area contributed by atoms with Crippen LogP contribution in [0.25, 0.3) is 0 Å². The van der Waals surface area contributed by atoms with E-state index in [1.807, 2.05) is 25.1 Å². The van der Waals surface area contributed by atoms with Crippen LogP contribution in [-0.2, 0) is 6.42 Å². The summed E-state index contributed by atoms with van der Waals surface area (Å²) in [6, 6.07) is 10.9. The third-order valence-corrected chi connectivity index (χ3v) is 4.15. The van der Waals surface area contributed by atoms with E-state index in [-0.39, 0.29) is 16.9 Å². The van der Waals surface area contributed by atoms with Crippen LogP contribution in [-0.4, -0.2) is 13.2 Å². The van der Waals surface area contributed by atoms with Crippen molar-refractivity contribution in [2.24, 2.45) is 0 Å². The van der Waals surface area contributed by atoms with Gasteiger partial charge in [-0.3, -0.25) is 0 Å². The minimum atomic E-state index is -0.387. The van der Waals surface area contributed by atoms with Crippen molar-refractivity contribution < 1.29 is 9.13 Å². The van der Waals surface area contributed by atoms with Crippen LogP contribution in [0.3, 0.4) is 0 Å². The van der Waals surface area contributed by atoms with Gasteiger partial charge in [-0.25, -0.2) is 4.39 Å². The summed E-state index contributed by atoms with van der Waals surface area (Å²) in [5.41, 5.74) is 3.04. The molecule has 1 aliphatic heterocycles. The number of fused-ring (bicyclic) bond motifs is 1. The van der Waals surface area contributed by atoms with Crippen molar-refractivity contribution in [1.82, 2.24) is 5.32 Å². The van der Waals surface area contributed by atoms with Crippen molar-refractivity contribution in [1.29, 1.82) is 0 Å². The lowest BCUT2D eigenvalue weighted by Crippen LogP contribution is -2.22. The molecule has 1 unspecified atom stereocenters. The lowest BCUT2D eigenvalue weighted by Gasteiger charge is -2.21. The average Bonchev–Trinajstić information content (AvgIpc) is 2.95. The molecule has 0 aliphatic carbocycles. The zero-order chi connectivity index (χ0) is 14.8. The van der Waals surface area contributed by atoms with E-state index >= 15 is 0 Å². The fourth-order valence-corrected chi connectivity index (χ4v) is 2.98. The molecule has 0 saturated heterocycles. The molecule has 0 amide bonds. The minimum Gasteiger partial charge on any atom is -0.493 e. The summed E-state index contributed by atoms with van der Waals surface area (Å²) in [4.78, 5) is 0. The number of halogens is 2. The molecule has 1 aliphatic rings. The molecule has 3 rings (SSSR count). The average molecular weight is 306 g/mol. The van der Waals surface area contributed by atoms with Gasteiger partial charge in [0, 0.05) is 6.42 Å². The minimum absolute atomic E-state index is 0.121. The van der Waals surface area contributed by atoms with Crippen molar-refractivity contribution in [3.63, 3.8) is 0 Å². The van der Waals surface area contributed by atoms with Gasteiger partial charge in [-0.05, 0) is 35.4 Å². The van der Waals surface area contributed by atoms with E-state index in [2.05, 4.69) is 11.4 Å². The Kier molecular flexibility index (Phi) is 4.13. The van der Waals surface area contributed by atoms with E-state index in [0.29, 0.717) is 0 Å². The first kappa shape index (κ1) is 14.4. The summed E-state index contributed by atoms with van der Waals surface area (Å²) >= 11 is 6.15. The second kappa shape index (κ2) is 6.04. The Morgan fingerprint density at radius 1 is 1.33 bits per heavy atom. The van der Waals surface area contributed by atoms with E-state index in [1.54, 1.807) is 6.07 Å². The summed E-state index contributed by atoms with van der Waals surface area (Å²) in [6.45, 7) is 3.52. The Balaban J connectivity index is 2.03. The molecule has 21 heavy (non-hydrogen) atoms. The van der Waals surface area contributed by atoms with Gasteiger partial charge < -0.3 is 10.1 Å². The standard InChI is InChI=1S/C17H17ClFNO/c1-2-20-17(13-4-3-5-14(19)16(13)18)12-6-7-15-11(10-12)8-9-21-15/h3-7,10,17,20H,2,8-9H2,1H3. The smallest absolute Gasteiger partial charge is 0.142 e. The van der Waals surface area contributed by atoms with Gasteiger partial charge in [0.05, 0.1) is 17.7 Å². The van der Waals surface area contributed by atoms with E-state index in [1.165, 1.54) is 11.6 Å². The van der Waals surface area contributed by atoms with Gasteiger partial charge in [-0.15, -0.1) is 0 Å². The van der Waals surface area contributed by atoms with E-state index in [0.717, 1.165) is 36.4 Å². The topological polar surface area (TPSA) is 21.3 Å². The number of rotatable bonds is 4. The Morgan fingerprint density at radius 3 is 3.00 bits per heavy atom. The summed E-state index contributed by atoms with van der Waals surface area (Å²) in [6.07, 6.45) is 0.916. The summed E-state index contributed by atoms with van der Waals surface area (Å²) < 4.78 is 19.3. The maximum atomic E-state index is 13.7. The largest absolute Gasteiger partial charge is 0.493 e. The van der Waals surface area contributed by atoms with Gasteiger partial charge in [0.25, 0.3) is 0 Å². The van der Waals surface area contributed by atoms with Gasteiger partial charge in [0.1, 0.15) is 11.6 Å². The highest BCUT2D eigenvalue weighted by Gasteiger charge is 2.20. The fraction of sp³-hybridized carbons (Fsp3) is 0.294.